The van der Waals surface area contributed by atoms with E-state index in [0.29, 0.717) is 6.54 Å². The average Bonchev–Trinajstić information content (AvgIpc) is 2.74. The van der Waals surface area contributed by atoms with Crippen molar-refractivity contribution in [3.05, 3.63) is 53.1 Å². The van der Waals surface area contributed by atoms with E-state index < -0.39 is 0 Å². The first-order valence-electron chi connectivity index (χ1n) is 5.56. The normalized spacial score (nSPS) is 10.6. The number of benzene rings is 1. The van der Waals surface area contributed by atoms with Crippen LogP contribution in [-0.4, -0.2) is 9.97 Å². The molecule has 3 heteroatoms. The van der Waals surface area contributed by atoms with Crippen molar-refractivity contribution >= 4 is 0 Å². The second-order valence-electron chi connectivity index (χ2n) is 4.05. The number of aromatic amines is 1. The first kappa shape index (κ1) is 10.9. The summed E-state index contributed by atoms with van der Waals surface area (Å²) in [5, 5.41) is 0. The molecule has 0 atom stereocenters. The van der Waals surface area contributed by atoms with E-state index in [1.165, 1.54) is 11.1 Å². The standard InChI is InChI=1S/C13H17N3/c1-10-3-2-4-11(7-10)5-6-12-9-15-13(8-14)16-12/h2-4,7,9H,5-6,8,14H2,1H3,(H,15,16). The third kappa shape index (κ3) is 2.70. The quantitative estimate of drug-likeness (QED) is 0.819. The number of hydrogen-bond donors (Lipinski definition) is 2. The Kier molecular flexibility index (Phi) is 3.37. The van der Waals surface area contributed by atoms with Crippen LogP contribution in [0, 0.1) is 6.92 Å². The number of nitrogens with zero attached hydrogens (tertiary/aromatic N) is 1. The second-order valence-corrected chi connectivity index (χ2v) is 4.05. The summed E-state index contributed by atoms with van der Waals surface area (Å²) in [4.78, 5) is 7.40. The van der Waals surface area contributed by atoms with Crippen molar-refractivity contribution in [1.29, 1.82) is 0 Å². The van der Waals surface area contributed by atoms with Crippen molar-refractivity contribution in [2.75, 3.05) is 0 Å². The summed E-state index contributed by atoms with van der Waals surface area (Å²) in [7, 11) is 0. The van der Waals surface area contributed by atoms with Crippen LogP contribution in [0.2, 0.25) is 0 Å². The molecule has 1 heterocycles. The number of nitrogens with two attached hydrogens (primary N) is 1. The lowest BCUT2D eigenvalue weighted by Gasteiger charge is -2.01. The minimum absolute atomic E-state index is 0.477. The molecule has 1 aromatic carbocycles. The van der Waals surface area contributed by atoms with Gasteiger partial charge in [0.1, 0.15) is 5.82 Å². The highest BCUT2D eigenvalue weighted by Crippen LogP contribution is 2.08. The smallest absolute Gasteiger partial charge is 0.120 e. The van der Waals surface area contributed by atoms with E-state index in [1.54, 1.807) is 0 Å². The van der Waals surface area contributed by atoms with Crippen molar-refractivity contribution in [3.8, 4) is 0 Å². The molecule has 0 aliphatic heterocycles. The summed E-state index contributed by atoms with van der Waals surface area (Å²) >= 11 is 0. The molecular weight excluding hydrogens is 198 g/mol. The third-order valence-corrected chi connectivity index (χ3v) is 2.64. The van der Waals surface area contributed by atoms with Crippen molar-refractivity contribution < 1.29 is 0 Å². The summed E-state index contributed by atoms with van der Waals surface area (Å²) in [6.07, 6.45) is 3.89. The molecule has 0 saturated heterocycles. The lowest BCUT2D eigenvalue weighted by Crippen LogP contribution is -1.98. The van der Waals surface area contributed by atoms with Gasteiger partial charge in [0.05, 0.1) is 6.54 Å². The Bertz CT molecular complexity index is 460. The van der Waals surface area contributed by atoms with Crippen LogP contribution in [0.5, 0.6) is 0 Å². The minimum Gasteiger partial charge on any atom is -0.345 e. The van der Waals surface area contributed by atoms with E-state index in [2.05, 4.69) is 41.2 Å². The average molecular weight is 215 g/mol. The highest BCUT2D eigenvalue weighted by atomic mass is 14.9. The van der Waals surface area contributed by atoms with E-state index in [9.17, 15) is 0 Å². The number of rotatable bonds is 4. The molecule has 0 bridgehead atoms. The highest BCUT2D eigenvalue weighted by molar-refractivity contribution is 5.23. The largest absolute Gasteiger partial charge is 0.345 e. The summed E-state index contributed by atoms with van der Waals surface area (Å²) < 4.78 is 0. The van der Waals surface area contributed by atoms with Crippen LogP contribution < -0.4 is 5.73 Å². The Balaban J connectivity index is 1.96. The predicted octanol–water partition coefficient (Wildman–Crippen LogP) is 1.96. The fraction of sp³-hybridized carbons (Fsp3) is 0.308. The van der Waals surface area contributed by atoms with Crippen molar-refractivity contribution in [2.24, 2.45) is 5.73 Å². The van der Waals surface area contributed by atoms with Gasteiger partial charge in [0.2, 0.25) is 0 Å². The van der Waals surface area contributed by atoms with Crippen LogP contribution in [0.4, 0.5) is 0 Å². The summed E-state index contributed by atoms with van der Waals surface area (Å²) in [5.41, 5.74) is 9.33. The van der Waals surface area contributed by atoms with Gasteiger partial charge in [-0.2, -0.15) is 0 Å². The molecule has 0 saturated carbocycles. The zero-order valence-corrected chi connectivity index (χ0v) is 9.53. The molecule has 84 valence electrons. The van der Waals surface area contributed by atoms with E-state index >= 15 is 0 Å². The Morgan fingerprint density at radius 1 is 1.31 bits per heavy atom. The maximum Gasteiger partial charge on any atom is 0.120 e. The van der Waals surface area contributed by atoms with Crippen LogP contribution in [0.25, 0.3) is 0 Å². The van der Waals surface area contributed by atoms with Gasteiger partial charge in [-0.3, -0.25) is 0 Å². The zero-order chi connectivity index (χ0) is 11.4. The topological polar surface area (TPSA) is 54.7 Å². The summed E-state index contributed by atoms with van der Waals surface area (Å²) in [5.74, 6) is 0.860. The van der Waals surface area contributed by atoms with E-state index in [1.807, 2.05) is 6.20 Å². The van der Waals surface area contributed by atoms with Crippen molar-refractivity contribution in [2.45, 2.75) is 26.3 Å². The van der Waals surface area contributed by atoms with Crippen molar-refractivity contribution in [1.82, 2.24) is 9.97 Å². The van der Waals surface area contributed by atoms with Gasteiger partial charge in [0.25, 0.3) is 0 Å². The molecule has 0 fully saturated rings. The lowest BCUT2D eigenvalue weighted by atomic mass is 10.1. The molecule has 0 unspecified atom stereocenters. The molecule has 3 nitrogen and oxygen atoms in total. The van der Waals surface area contributed by atoms with E-state index in [4.69, 9.17) is 5.73 Å². The zero-order valence-electron chi connectivity index (χ0n) is 9.53. The van der Waals surface area contributed by atoms with Gasteiger partial charge < -0.3 is 10.7 Å². The van der Waals surface area contributed by atoms with Gasteiger partial charge in [-0.1, -0.05) is 29.8 Å². The number of nitrogens with one attached hydrogen (secondary N) is 1. The summed E-state index contributed by atoms with van der Waals surface area (Å²) in [6, 6.07) is 8.60. The number of aryl methyl sites for hydroxylation is 3. The maximum atomic E-state index is 5.50. The summed E-state index contributed by atoms with van der Waals surface area (Å²) in [6.45, 7) is 2.59. The van der Waals surface area contributed by atoms with Crippen LogP contribution in [0.1, 0.15) is 22.6 Å². The minimum atomic E-state index is 0.477. The molecule has 16 heavy (non-hydrogen) atoms. The predicted molar refractivity (Wildman–Crippen MR) is 65.1 cm³/mol. The van der Waals surface area contributed by atoms with Gasteiger partial charge in [-0.05, 0) is 25.3 Å². The number of H-pyrrole nitrogens is 1. The Labute approximate surface area is 95.7 Å². The monoisotopic (exact) mass is 215 g/mol. The highest BCUT2D eigenvalue weighted by Gasteiger charge is 2.00. The fourth-order valence-electron chi connectivity index (χ4n) is 1.78. The van der Waals surface area contributed by atoms with Gasteiger partial charge in [-0.25, -0.2) is 4.98 Å². The fourth-order valence-corrected chi connectivity index (χ4v) is 1.78. The molecule has 0 aliphatic rings. The molecular formula is C13H17N3. The maximum absolute atomic E-state index is 5.50. The Morgan fingerprint density at radius 3 is 2.88 bits per heavy atom. The second kappa shape index (κ2) is 4.94. The molecule has 2 rings (SSSR count). The number of imidazole rings is 1. The number of hydrogen-bond acceptors (Lipinski definition) is 2. The number of aromatic nitrogens is 2. The van der Waals surface area contributed by atoms with Gasteiger partial charge in [0, 0.05) is 11.9 Å². The molecule has 0 radical (unpaired) electrons. The first-order chi connectivity index (χ1) is 7.78. The molecule has 0 aliphatic carbocycles. The molecule has 1 aromatic heterocycles. The van der Waals surface area contributed by atoms with Gasteiger partial charge in [0.15, 0.2) is 0 Å². The molecule has 0 amide bonds. The Hall–Kier alpha value is -1.61. The first-order valence-corrected chi connectivity index (χ1v) is 5.56. The molecule has 0 spiro atoms. The van der Waals surface area contributed by atoms with E-state index in [-0.39, 0.29) is 0 Å². The van der Waals surface area contributed by atoms with E-state index in [0.717, 1.165) is 24.4 Å². The molecule has 2 aromatic rings. The van der Waals surface area contributed by atoms with Crippen LogP contribution in [-0.2, 0) is 19.4 Å². The lowest BCUT2D eigenvalue weighted by molar-refractivity contribution is 0.894. The van der Waals surface area contributed by atoms with Gasteiger partial charge in [-0.15, -0.1) is 0 Å². The SMILES string of the molecule is Cc1cccc(CCc2cnc(CN)[nH]2)c1. The van der Waals surface area contributed by atoms with Crippen molar-refractivity contribution in [3.63, 3.8) is 0 Å². The van der Waals surface area contributed by atoms with Crippen LogP contribution in [0.3, 0.4) is 0 Å². The molecule has 3 N–H and O–H groups in total. The Morgan fingerprint density at radius 2 is 2.19 bits per heavy atom. The van der Waals surface area contributed by atoms with Gasteiger partial charge >= 0.3 is 0 Å². The van der Waals surface area contributed by atoms with Crippen LogP contribution in [0.15, 0.2) is 30.5 Å². The third-order valence-electron chi connectivity index (χ3n) is 2.64. The van der Waals surface area contributed by atoms with Crippen LogP contribution >= 0.6 is 0 Å².